The van der Waals surface area contributed by atoms with Gasteiger partial charge in [-0.15, -0.1) is 0 Å². The Morgan fingerprint density at radius 1 is 1.46 bits per heavy atom. The summed E-state index contributed by atoms with van der Waals surface area (Å²) in [6.07, 6.45) is 1.18. The van der Waals surface area contributed by atoms with E-state index in [1.54, 1.807) is 18.2 Å². The molecule has 72 valence electrons. The van der Waals surface area contributed by atoms with Crippen LogP contribution in [0.2, 0.25) is 5.02 Å². The van der Waals surface area contributed by atoms with Gasteiger partial charge in [-0.3, -0.25) is 0 Å². The maximum absolute atomic E-state index is 10.9. The first-order valence-corrected chi connectivity index (χ1v) is 6.04. The number of halogens is 1. The average Bonchev–Trinajstić information content (AvgIpc) is 1.94. The fourth-order valence-corrected chi connectivity index (χ4v) is 1.89. The van der Waals surface area contributed by atoms with E-state index in [-0.39, 0.29) is 5.75 Å². The minimum atomic E-state index is -3.01. The number of benzene rings is 1. The first-order valence-electron chi connectivity index (χ1n) is 3.60. The topological polar surface area (TPSA) is 60.2 Å². The molecule has 0 saturated heterocycles. The lowest BCUT2D eigenvalue weighted by atomic mass is 10.2. The van der Waals surface area contributed by atoms with Crippen molar-refractivity contribution in [2.45, 2.75) is 5.75 Å². The number of sulfone groups is 1. The molecule has 0 aliphatic heterocycles. The van der Waals surface area contributed by atoms with Crippen molar-refractivity contribution in [2.24, 2.45) is 0 Å². The second-order valence-electron chi connectivity index (χ2n) is 2.93. The largest absolute Gasteiger partial charge is 0.398 e. The van der Waals surface area contributed by atoms with Crippen molar-refractivity contribution < 1.29 is 8.42 Å². The molecule has 1 aromatic carbocycles. The highest BCUT2D eigenvalue weighted by atomic mass is 35.5. The summed E-state index contributed by atoms with van der Waals surface area (Å²) >= 11 is 5.68. The summed E-state index contributed by atoms with van der Waals surface area (Å²) < 4.78 is 21.8. The highest BCUT2D eigenvalue weighted by Crippen LogP contribution is 2.20. The molecule has 0 atom stereocenters. The lowest BCUT2D eigenvalue weighted by molar-refractivity contribution is 0.601. The van der Waals surface area contributed by atoms with Crippen LogP contribution in [0.1, 0.15) is 5.56 Å². The van der Waals surface area contributed by atoms with Crippen molar-refractivity contribution in [3.8, 4) is 0 Å². The highest BCUT2D eigenvalue weighted by molar-refractivity contribution is 7.89. The lowest BCUT2D eigenvalue weighted by Gasteiger charge is -2.02. The molecule has 2 N–H and O–H groups in total. The van der Waals surface area contributed by atoms with Crippen LogP contribution in [0.4, 0.5) is 5.69 Å². The molecule has 0 amide bonds. The molecule has 0 fully saturated rings. The van der Waals surface area contributed by atoms with Crippen molar-refractivity contribution in [1.82, 2.24) is 0 Å². The maximum Gasteiger partial charge on any atom is 0.151 e. The van der Waals surface area contributed by atoms with Crippen LogP contribution < -0.4 is 5.73 Å². The van der Waals surface area contributed by atoms with Gasteiger partial charge in [0.1, 0.15) is 0 Å². The minimum Gasteiger partial charge on any atom is -0.398 e. The fourth-order valence-electron chi connectivity index (χ4n) is 0.986. The van der Waals surface area contributed by atoms with Gasteiger partial charge in [0.05, 0.1) is 16.5 Å². The Morgan fingerprint density at radius 2 is 2.08 bits per heavy atom. The Labute approximate surface area is 82.4 Å². The van der Waals surface area contributed by atoms with Crippen LogP contribution in [0.25, 0.3) is 0 Å². The molecule has 1 rings (SSSR count). The zero-order chi connectivity index (χ0) is 10.1. The van der Waals surface area contributed by atoms with Crippen LogP contribution in [-0.2, 0) is 15.6 Å². The first kappa shape index (κ1) is 10.3. The van der Waals surface area contributed by atoms with Gasteiger partial charge in [-0.05, 0) is 17.7 Å². The summed E-state index contributed by atoms with van der Waals surface area (Å²) in [7, 11) is -3.01. The van der Waals surface area contributed by atoms with Crippen LogP contribution in [-0.4, -0.2) is 14.7 Å². The molecule has 0 aliphatic carbocycles. The molecule has 0 bridgehead atoms. The van der Waals surface area contributed by atoms with Crippen LogP contribution >= 0.6 is 11.6 Å². The Kier molecular flexibility index (Phi) is 2.83. The van der Waals surface area contributed by atoms with E-state index in [0.29, 0.717) is 16.3 Å². The molecule has 13 heavy (non-hydrogen) atoms. The molecular formula is C8H10ClNO2S. The predicted molar refractivity (Wildman–Crippen MR) is 54.4 cm³/mol. The molecule has 0 spiro atoms. The third kappa shape index (κ3) is 3.24. The number of rotatable bonds is 2. The standard InChI is InChI=1S/C8H10ClNO2S/c1-13(11,12)5-6-2-3-7(9)8(10)4-6/h2-4H,5,10H2,1H3. The van der Waals surface area contributed by atoms with Gasteiger partial charge in [-0.25, -0.2) is 8.42 Å². The SMILES string of the molecule is CS(=O)(=O)Cc1ccc(Cl)c(N)c1. The smallest absolute Gasteiger partial charge is 0.151 e. The molecular weight excluding hydrogens is 210 g/mol. The molecule has 0 saturated carbocycles. The zero-order valence-electron chi connectivity index (χ0n) is 7.12. The molecule has 5 heteroatoms. The Hall–Kier alpha value is -0.740. The van der Waals surface area contributed by atoms with Crippen LogP contribution in [0.5, 0.6) is 0 Å². The van der Waals surface area contributed by atoms with Crippen LogP contribution in [0, 0.1) is 0 Å². The van der Waals surface area contributed by atoms with Gasteiger partial charge in [0.25, 0.3) is 0 Å². The number of hydrogen-bond donors (Lipinski definition) is 1. The predicted octanol–water partition coefficient (Wildman–Crippen LogP) is 1.47. The first-order chi connectivity index (χ1) is 5.88. The molecule has 3 nitrogen and oxygen atoms in total. The monoisotopic (exact) mass is 219 g/mol. The quantitative estimate of drug-likeness (QED) is 0.767. The van der Waals surface area contributed by atoms with Crippen molar-refractivity contribution >= 4 is 27.1 Å². The molecule has 1 aromatic rings. The van der Waals surface area contributed by atoms with Gasteiger partial charge >= 0.3 is 0 Å². The third-order valence-corrected chi connectivity index (χ3v) is 2.69. The Morgan fingerprint density at radius 3 is 2.54 bits per heavy atom. The van der Waals surface area contributed by atoms with Gasteiger partial charge in [0.2, 0.25) is 0 Å². The Balaban J connectivity index is 2.99. The third-order valence-electron chi connectivity index (χ3n) is 1.49. The van der Waals surface area contributed by atoms with E-state index < -0.39 is 9.84 Å². The number of nitrogens with two attached hydrogens (primary N) is 1. The summed E-state index contributed by atoms with van der Waals surface area (Å²) in [5.41, 5.74) is 6.57. The molecule has 0 unspecified atom stereocenters. The van der Waals surface area contributed by atoms with Gasteiger partial charge in [0, 0.05) is 6.26 Å². The summed E-state index contributed by atoms with van der Waals surface area (Å²) in [5.74, 6) is -0.00559. The second kappa shape index (κ2) is 3.55. The number of anilines is 1. The van der Waals surface area contributed by atoms with E-state index in [0.717, 1.165) is 0 Å². The minimum absolute atomic E-state index is 0.00559. The second-order valence-corrected chi connectivity index (χ2v) is 5.47. The van der Waals surface area contributed by atoms with Crippen molar-refractivity contribution in [1.29, 1.82) is 0 Å². The van der Waals surface area contributed by atoms with Crippen LogP contribution in [0.3, 0.4) is 0 Å². The van der Waals surface area contributed by atoms with Gasteiger partial charge in [-0.2, -0.15) is 0 Å². The fraction of sp³-hybridized carbons (Fsp3) is 0.250. The van der Waals surface area contributed by atoms with Crippen molar-refractivity contribution in [3.05, 3.63) is 28.8 Å². The van der Waals surface area contributed by atoms with Crippen LogP contribution in [0.15, 0.2) is 18.2 Å². The molecule has 0 aliphatic rings. The lowest BCUT2D eigenvalue weighted by Crippen LogP contribution is -2.01. The summed E-state index contributed by atoms with van der Waals surface area (Å²) in [4.78, 5) is 0. The Bertz CT molecular complexity index is 414. The van der Waals surface area contributed by atoms with E-state index in [1.807, 2.05) is 0 Å². The van der Waals surface area contributed by atoms with Crippen molar-refractivity contribution in [3.63, 3.8) is 0 Å². The van der Waals surface area contributed by atoms with E-state index in [4.69, 9.17) is 17.3 Å². The summed E-state index contributed by atoms with van der Waals surface area (Å²) in [6.45, 7) is 0. The van der Waals surface area contributed by atoms with E-state index in [2.05, 4.69) is 0 Å². The molecule has 0 heterocycles. The zero-order valence-corrected chi connectivity index (χ0v) is 8.69. The van der Waals surface area contributed by atoms with E-state index in [1.165, 1.54) is 6.26 Å². The van der Waals surface area contributed by atoms with Crippen molar-refractivity contribution in [2.75, 3.05) is 12.0 Å². The maximum atomic E-state index is 10.9. The average molecular weight is 220 g/mol. The highest BCUT2D eigenvalue weighted by Gasteiger charge is 2.05. The molecule has 0 radical (unpaired) electrons. The summed E-state index contributed by atoms with van der Waals surface area (Å²) in [6, 6.07) is 4.82. The van der Waals surface area contributed by atoms with Gasteiger partial charge < -0.3 is 5.73 Å². The van der Waals surface area contributed by atoms with E-state index >= 15 is 0 Å². The van der Waals surface area contributed by atoms with Gasteiger partial charge in [-0.1, -0.05) is 17.7 Å². The van der Waals surface area contributed by atoms with E-state index in [9.17, 15) is 8.42 Å². The number of nitrogen functional groups attached to an aromatic ring is 1. The number of hydrogen-bond acceptors (Lipinski definition) is 3. The summed E-state index contributed by atoms with van der Waals surface area (Å²) in [5, 5.41) is 0.442. The van der Waals surface area contributed by atoms with Gasteiger partial charge in [0.15, 0.2) is 9.84 Å². The normalized spacial score (nSPS) is 11.5. The molecule has 0 aromatic heterocycles.